The van der Waals surface area contributed by atoms with Crippen LogP contribution < -0.4 is 5.32 Å². The van der Waals surface area contributed by atoms with E-state index in [9.17, 15) is 23.9 Å². The summed E-state index contributed by atoms with van der Waals surface area (Å²) in [6.07, 6.45) is 1.67. The monoisotopic (exact) mass is 598 g/mol. The lowest BCUT2D eigenvalue weighted by Gasteiger charge is -2.38. The van der Waals surface area contributed by atoms with E-state index in [0.717, 1.165) is 0 Å². The predicted molar refractivity (Wildman–Crippen MR) is 155 cm³/mol. The van der Waals surface area contributed by atoms with Gasteiger partial charge in [-0.15, -0.1) is 11.3 Å². The molecule has 0 aliphatic carbocycles. The number of carbonyl (C=O) groups is 3. The third kappa shape index (κ3) is 5.75. The van der Waals surface area contributed by atoms with Crippen LogP contribution in [0.2, 0.25) is 0 Å². The van der Waals surface area contributed by atoms with Crippen molar-refractivity contribution >= 4 is 35.1 Å². The van der Waals surface area contributed by atoms with Gasteiger partial charge in [-0.2, -0.15) is 0 Å². The fraction of sp³-hybridized carbons (Fsp3) is 0.483. The lowest BCUT2D eigenvalue weighted by Crippen LogP contribution is -2.53. The van der Waals surface area contributed by atoms with E-state index >= 15 is 0 Å². The highest BCUT2D eigenvalue weighted by Gasteiger charge is 2.44. The summed E-state index contributed by atoms with van der Waals surface area (Å²) in [5.74, 6) is -1.39. The van der Waals surface area contributed by atoms with Crippen LogP contribution in [0.15, 0.2) is 46.0 Å². The van der Waals surface area contributed by atoms with Gasteiger partial charge in [0, 0.05) is 56.5 Å². The van der Waals surface area contributed by atoms with Crippen molar-refractivity contribution in [3.63, 3.8) is 0 Å². The summed E-state index contributed by atoms with van der Waals surface area (Å²) in [4.78, 5) is 53.0. The Kier molecular flexibility index (Phi) is 8.33. The zero-order chi connectivity index (χ0) is 30.2. The molecular weight excluding hydrogens is 563 g/mol. The number of hydrogen-bond donors (Lipinski definition) is 2. The molecule has 42 heavy (non-hydrogen) atoms. The molecule has 2 N–H and O–H groups in total. The number of carbonyl (C=O) groups excluding carboxylic acids is 2. The van der Waals surface area contributed by atoms with Gasteiger partial charge in [0.05, 0.1) is 23.6 Å². The Balaban J connectivity index is 1.45. The van der Waals surface area contributed by atoms with Gasteiger partial charge < -0.3 is 25.0 Å². The highest BCUT2D eigenvalue weighted by molar-refractivity contribution is 7.11. The van der Waals surface area contributed by atoms with E-state index in [2.05, 4.69) is 15.2 Å². The number of amidine groups is 1. The minimum atomic E-state index is -1.06. The van der Waals surface area contributed by atoms with Gasteiger partial charge in [-0.1, -0.05) is 12.1 Å². The molecule has 1 aromatic carbocycles. The number of aliphatic carboxylic acids is 1. The molecule has 4 heterocycles. The number of esters is 1. The fourth-order valence-electron chi connectivity index (χ4n) is 5.65. The second kappa shape index (κ2) is 11.8. The number of ether oxygens (including phenoxy) is 1. The number of piperazine rings is 1. The number of rotatable bonds is 9. The largest absolute Gasteiger partial charge is 0.481 e. The van der Waals surface area contributed by atoms with Crippen LogP contribution in [0.3, 0.4) is 0 Å². The number of nitrogens with one attached hydrogen (secondary N) is 1. The van der Waals surface area contributed by atoms with Crippen molar-refractivity contribution in [2.24, 2.45) is 10.4 Å². The quantitative estimate of drug-likeness (QED) is 0.422. The van der Waals surface area contributed by atoms with E-state index in [1.165, 1.54) is 17.4 Å². The van der Waals surface area contributed by atoms with Crippen LogP contribution >= 0.6 is 11.3 Å². The summed E-state index contributed by atoms with van der Waals surface area (Å²) in [5, 5.41) is 15.4. The molecule has 0 radical (unpaired) electrons. The first kappa shape index (κ1) is 29.6. The summed E-state index contributed by atoms with van der Waals surface area (Å²) in [7, 11) is 0. The molecule has 0 spiro atoms. The van der Waals surface area contributed by atoms with Gasteiger partial charge in [0.2, 0.25) is 0 Å². The number of fused-ring (bicyclic) bond motifs is 1. The molecule has 224 valence electrons. The van der Waals surface area contributed by atoms with E-state index in [1.54, 1.807) is 55.8 Å². The number of amides is 2. The molecule has 3 aliphatic rings. The number of carboxylic acid groups (broad SMARTS) is 1. The average molecular weight is 599 g/mol. The molecule has 1 aromatic heterocycles. The first-order valence-electron chi connectivity index (χ1n) is 13.9. The first-order chi connectivity index (χ1) is 20.0. The number of benzene rings is 1. The normalized spacial score (nSPS) is 21.3. The Labute approximate surface area is 247 Å². The minimum Gasteiger partial charge on any atom is -0.481 e. The van der Waals surface area contributed by atoms with Crippen LogP contribution in [0.1, 0.15) is 42.9 Å². The van der Waals surface area contributed by atoms with E-state index in [0.29, 0.717) is 66.0 Å². The van der Waals surface area contributed by atoms with Crippen molar-refractivity contribution in [3.05, 3.63) is 63.0 Å². The number of thiazole rings is 1. The van der Waals surface area contributed by atoms with Crippen LogP contribution in [0.5, 0.6) is 0 Å². The van der Waals surface area contributed by atoms with Crippen LogP contribution in [-0.4, -0.2) is 101 Å². The van der Waals surface area contributed by atoms with Crippen molar-refractivity contribution in [2.75, 3.05) is 45.9 Å². The standard InChI is InChI=1S/C29H35FN6O5S/c1-5-41-26(37)22-21(15-34-10-11-36-18(13-34)14-35(28(36)40)16-29(3,4)27(38)39)32-24(25-31-9-12-42-25)33-23(22)19-7-6-8-20(30)17(19)2/h6-9,12,18,23H,5,10-11,13-16H2,1-4H3,(H,32,33)(H,38,39)/t18-,23?/m0/s1. The molecule has 3 aliphatic heterocycles. The van der Waals surface area contributed by atoms with Gasteiger partial charge in [-0.25, -0.2) is 19.0 Å². The van der Waals surface area contributed by atoms with Gasteiger partial charge in [0.1, 0.15) is 11.9 Å². The van der Waals surface area contributed by atoms with Gasteiger partial charge in [0.15, 0.2) is 10.8 Å². The summed E-state index contributed by atoms with van der Waals surface area (Å²) in [6, 6.07) is 3.66. The number of hydrogen-bond acceptors (Lipinski definition) is 9. The Morgan fingerprint density at radius 3 is 2.74 bits per heavy atom. The average Bonchev–Trinajstić information content (AvgIpc) is 3.58. The van der Waals surface area contributed by atoms with Crippen molar-refractivity contribution in [1.82, 2.24) is 25.0 Å². The molecule has 11 nitrogen and oxygen atoms in total. The second-order valence-corrected chi connectivity index (χ2v) is 12.2. The van der Waals surface area contributed by atoms with Gasteiger partial charge in [-0.05, 0) is 44.9 Å². The zero-order valence-electron chi connectivity index (χ0n) is 24.1. The SMILES string of the molecule is CCOC(=O)C1=C(CN2CCN3C(=O)N(CC(C)(C)C(=O)O)C[C@@H]3C2)NC(c2nccs2)=NC1c1cccc(F)c1C. The summed E-state index contributed by atoms with van der Waals surface area (Å²) in [6.45, 7) is 9.21. The Hall–Kier alpha value is -3.84. The van der Waals surface area contributed by atoms with E-state index in [4.69, 9.17) is 9.73 Å². The molecule has 13 heteroatoms. The predicted octanol–water partition coefficient (Wildman–Crippen LogP) is 3.03. The molecule has 2 amide bonds. The molecule has 2 fully saturated rings. The molecule has 5 rings (SSSR count). The molecule has 2 saturated heterocycles. The number of aromatic nitrogens is 1. The molecule has 1 unspecified atom stereocenters. The lowest BCUT2D eigenvalue weighted by molar-refractivity contribution is -0.147. The Morgan fingerprint density at radius 1 is 1.26 bits per heavy atom. The van der Waals surface area contributed by atoms with Gasteiger partial charge >= 0.3 is 18.0 Å². The Bertz CT molecular complexity index is 1440. The smallest absolute Gasteiger partial charge is 0.338 e. The van der Waals surface area contributed by atoms with Gasteiger partial charge in [-0.3, -0.25) is 14.7 Å². The van der Waals surface area contributed by atoms with E-state index < -0.39 is 23.4 Å². The van der Waals surface area contributed by atoms with Crippen molar-refractivity contribution in [2.45, 2.75) is 39.8 Å². The first-order valence-corrected chi connectivity index (χ1v) is 14.8. The topological polar surface area (TPSA) is 128 Å². The third-order valence-electron chi connectivity index (χ3n) is 7.92. The number of carboxylic acids is 1. The lowest BCUT2D eigenvalue weighted by atomic mass is 9.92. The molecule has 0 bridgehead atoms. The van der Waals surface area contributed by atoms with Crippen LogP contribution in [0.4, 0.5) is 9.18 Å². The number of aliphatic imine (C=N–C) groups is 1. The van der Waals surface area contributed by atoms with Crippen LogP contribution in [0, 0.1) is 18.2 Å². The van der Waals surface area contributed by atoms with E-state index in [1.807, 2.05) is 5.38 Å². The molecule has 2 aromatic rings. The molecular formula is C29H35FN6O5S. The van der Waals surface area contributed by atoms with Gasteiger partial charge in [0.25, 0.3) is 0 Å². The van der Waals surface area contributed by atoms with E-state index in [-0.39, 0.29) is 31.0 Å². The third-order valence-corrected chi connectivity index (χ3v) is 8.70. The highest BCUT2D eigenvalue weighted by Crippen LogP contribution is 2.36. The highest BCUT2D eigenvalue weighted by atomic mass is 32.1. The summed E-state index contributed by atoms with van der Waals surface area (Å²) >= 11 is 1.40. The van der Waals surface area contributed by atoms with Crippen molar-refractivity contribution < 1.29 is 28.6 Å². The maximum absolute atomic E-state index is 14.7. The minimum absolute atomic E-state index is 0.121. The number of halogens is 1. The van der Waals surface area contributed by atoms with Crippen molar-refractivity contribution in [1.29, 1.82) is 0 Å². The maximum atomic E-state index is 14.7. The summed E-state index contributed by atoms with van der Waals surface area (Å²) in [5.41, 5.74) is 0.791. The molecule has 0 saturated carbocycles. The Morgan fingerprint density at radius 2 is 2.05 bits per heavy atom. The zero-order valence-corrected chi connectivity index (χ0v) is 24.9. The number of urea groups is 1. The molecule has 2 atom stereocenters. The van der Waals surface area contributed by atoms with Crippen LogP contribution in [0.25, 0.3) is 0 Å². The summed E-state index contributed by atoms with van der Waals surface area (Å²) < 4.78 is 20.2. The van der Waals surface area contributed by atoms with Crippen molar-refractivity contribution in [3.8, 4) is 0 Å². The second-order valence-electron chi connectivity index (χ2n) is 11.3. The fourth-order valence-corrected chi connectivity index (χ4v) is 6.24. The number of nitrogens with zero attached hydrogens (tertiary/aromatic N) is 5. The maximum Gasteiger partial charge on any atom is 0.338 e. The van der Waals surface area contributed by atoms with Crippen LogP contribution in [-0.2, 0) is 14.3 Å².